The normalized spacial score (nSPS) is 20.4. The molecule has 4 nitrogen and oxygen atoms in total. The monoisotopic (exact) mass is 329 g/mol. The number of aromatic nitrogens is 2. The van der Waals surface area contributed by atoms with Crippen LogP contribution < -0.4 is 4.74 Å². The Morgan fingerprint density at radius 1 is 1.29 bits per heavy atom. The van der Waals surface area contributed by atoms with Gasteiger partial charge in [-0.05, 0) is 53.7 Å². The van der Waals surface area contributed by atoms with Gasteiger partial charge in [0.25, 0.3) is 0 Å². The molecule has 1 aliphatic rings. The molecule has 1 fully saturated rings. The minimum absolute atomic E-state index is 0.0725. The highest BCUT2D eigenvalue weighted by atomic mass is 19.2. The van der Waals surface area contributed by atoms with Gasteiger partial charge in [0.05, 0.1) is 7.11 Å². The van der Waals surface area contributed by atoms with E-state index < -0.39 is 11.6 Å². The van der Waals surface area contributed by atoms with Crippen LogP contribution in [0.2, 0.25) is 0 Å². The van der Waals surface area contributed by atoms with Gasteiger partial charge in [-0.1, -0.05) is 0 Å². The molecular weight excluding hydrogens is 312 g/mol. The third-order valence-corrected chi connectivity index (χ3v) is 4.04. The van der Waals surface area contributed by atoms with Crippen LogP contribution in [0.5, 0.6) is 5.75 Å². The van der Waals surface area contributed by atoms with Crippen molar-refractivity contribution in [1.29, 1.82) is 0 Å². The van der Waals surface area contributed by atoms with Crippen LogP contribution in [0.4, 0.5) is 8.78 Å². The van der Waals surface area contributed by atoms with Crippen molar-refractivity contribution in [2.24, 2.45) is 10.9 Å². The molecule has 1 aromatic heterocycles. The highest BCUT2D eigenvalue weighted by Crippen LogP contribution is 2.52. The minimum Gasteiger partial charge on any atom is -0.494 e. The van der Waals surface area contributed by atoms with Gasteiger partial charge in [-0.25, -0.2) is 14.4 Å². The number of benzene rings is 1. The van der Waals surface area contributed by atoms with E-state index in [4.69, 9.17) is 4.74 Å². The van der Waals surface area contributed by atoms with E-state index in [1.165, 1.54) is 13.2 Å². The lowest BCUT2D eigenvalue weighted by Gasteiger charge is -2.07. The fraction of sp³-hybridized carbons (Fsp3) is 0.278. The standard InChI is InChI=1S/C18H17F2N3O/c1-21-10-12(8-17-22-4-3-5-23-17)14-9-13(14)11-6-15(19)18(20)16(7-11)24-2/h3-8,10,13-14H,9H2,1-2H3/b12-8+,21-10-. The predicted molar refractivity (Wildman–Crippen MR) is 88.2 cm³/mol. The van der Waals surface area contributed by atoms with Crippen molar-refractivity contribution in [1.82, 2.24) is 9.97 Å². The van der Waals surface area contributed by atoms with Crippen molar-refractivity contribution < 1.29 is 13.5 Å². The first-order valence-electron chi connectivity index (χ1n) is 7.57. The first kappa shape index (κ1) is 16.2. The van der Waals surface area contributed by atoms with Crippen molar-refractivity contribution >= 4 is 12.3 Å². The fourth-order valence-corrected chi connectivity index (χ4v) is 2.80. The summed E-state index contributed by atoms with van der Waals surface area (Å²) in [5, 5.41) is 0. The predicted octanol–water partition coefficient (Wildman–Crippen LogP) is 3.65. The Morgan fingerprint density at radius 2 is 2.04 bits per heavy atom. The highest BCUT2D eigenvalue weighted by molar-refractivity contribution is 5.86. The maximum absolute atomic E-state index is 13.7. The van der Waals surface area contributed by atoms with Gasteiger partial charge in [0.15, 0.2) is 17.4 Å². The second-order valence-electron chi connectivity index (χ2n) is 5.61. The van der Waals surface area contributed by atoms with E-state index in [1.54, 1.807) is 37.8 Å². The lowest BCUT2D eigenvalue weighted by Crippen LogP contribution is -1.97. The van der Waals surface area contributed by atoms with Gasteiger partial charge in [-0.3, -0.25) is 4.99 Å². The number of hydrogen-bond donors (Lipinski definition) is 0. The second kappa shape index (κ2) is 6.86. The lowest BCUT2D eigenvalue weighted by atomic mass is 10.0. The maximum Gasteiger partial charge on any atom is 0.200 e. The third-order valence-electron chi connectivity index (χ3n) is 4.04. The summed E-state index contributed by atoms with van der Waals surface area (Å²) in [5.74, 6) is -1.05. The number of nitrogens with zero attached hydrogens (tertiary/aromatic N) is 3. The van der Waals surface area contributed by atoms with Crippen molar-refractivity contribution in [3.8, 4) is 5.75 Å². The number of ether oxygens (including phenoxy) is 1. The maximum atomic E-state index is 13.7. The lowest BCUT2D eigenvalue weighted by molar-refractivity contribution is 0.371. The molecule has 124 valence electrons. The molecule has 1 saturated carbocycles. The first-order chi connectivity index (χ1) is 11.6. The van der Waals surface area contributed by atoms with Gasteiger partial charge in [-0.15, -0.1) is 0 Å². The van der Waals surface area contributed by atoms with Gasteiger partial charge in [0, 0.05) is 25.7 Å². The molecule has 0 aliphatic heterocycles. The molecule has 1 heterocycles. The summed E-state index contributed by atoms with van der Waals surface area (Å²) in [7, 11) is 3.02. The summed E-state index contributed by atoms with van der Waals surface area (Å²) in [6.45, 7) is 0. The molecule has 3 rings (SSSR count). The molecule has 2 aromatic rings. The molecule has 0 saturated heterocycles. The minimum atomic E-state index is -0.956. The van der Waals surface area contributed by atoms with E-state index in [-0.39, 0.29) is 17.6 Å². The third kappa shape index (κ3) is 3.32. The number of hydrogen-bond acceptors (Lipinski definition) is 4. The SMILES string of the molecule is C/N=C\C(=C/c1ncccn1)C1CC1c1cc(F)c(F)c(OC)c1. The zero-order valence-electron chi connectivity index (χ0n) is 13.4. The van der Waals surface area contributed by atoms with E-state index in [9.17, 15) is 8.78 Å². The van der Waals surface area contributed by atoms with Crippen molar-refractivity contribution in [2.75, 3.05) is 14.2 Å². The molecule has 6 heteroatoms. The van der Waals surface area contributed by atoms with Crippen molar-refractivity contribution in [3.05, 3.63) is 59.2 Å². The number of halogens is 2. The van der Waals surface area contributed by atoms with Crippen LogP contribution in [0.1, 0.15) is 23.7 Å². The van der Waals surface area contributed by atoms with E-state index in [0.29, 0.717) is 5.82 Å². The zero-order chi connectivity index (χ0) is 17.1. The van der Waals surface area contributed by atoms with Gasteiger partial charge in [0.1, 0.15) is 0 Å². The summed E-state index contributed by atoms with van der Waals surface area (Å²) in [5.41, 5.74) is 1.69. The topological polar surface area (TPSA) is 47.4 Å². The van der Waals surface area contributed by atoms with E-state index in [2.05, 4.69) is 15.0 Å². The Kier molecular flexibility index (Phi) is 4.64. The van der Waals surface area contributed by atoms with Crippen LogP contribution in [0, 0.1) is 17.6 Å². The summed E-state index contributed by atoms with van der Waals surface area (Å²) in [6, 6.07) is 4.55. The molecule has 0 bridgehead atoms. The van der Waals surface area contributed by atoms with Gasteiger partial charge in [-0.2, -0.15) is 4.39 Å². The molecule has 1 aromatic carbocycles. The number of rotatable bonds is 5. The van der Waals surface area contributed by atoms with Crippen LogP contribution in [0.3, 0.4) is 0 Å². The van der Waals surface area contributed by atoms with Gasteiger partial charge >= 0.3 is 0 Å². The summed E-state index contributed by atoms with van der Waals surface area (Å²) in [4.78, 5) is 12.4. The van der Waals surface area contributed by atoms with Gasteiger partial charge in [0.2, 0.25) is 5.82 Å². The largest absolute Gasteiger partial charge is 0.494 e. The average molecular weight is 329 g/mol. The molecule has 0 radical (unpaired) electrons. The van der Waals surface area contributed by atoms with Crippen LogP contribution in [0.25, 0.3) is 6.08 Å². The Labute approximate surface area is 138 Å². The smallest absolute Gasteiger partial charge is 0.200 e. The van der Waals surface area contributed by atoms with E-state index >= 15 is 0 Å². The first-order valence-corrected chi connectivity index (χ1v) is 7.57. The quantitative estimate of drug-likeness (QED) is 0.787. The van der Waals surface area contributed by atoms with E-state index in [1.807, 2.05) is 6.08 Å². The summed E-state index contributed by atoms with van der Waals surface area (Å²) in [6.07, 6.45) is 7.81. The highest BCUT2D eigenvalue weighted by Gasteiger charge is 2.41. The van der Waals surface area contributed by atoms with Crippen LogP contribution >= 0.6 is 0 Å². The Hall–Kier alpha value is -2.63. The molecule has 2 unspecified atom stereocenters. The Balaban J connectivity index is 1.87. The Morgan fingerprint density at radius 3 is 2.71 bits per heavy atom. The van der Waals surface area contributed by atoms with Gasteiger partial charge < -0.3 is 4.74 Å². The number of aliphatic imine (C=N–C) groups is 1. The fourth-order valence-electron chi connectivity index (χ4n) is 2.80. The number of methoxy groups -OCH3 is 1. The Bertz CT molecular complexity index is 790. The summed E-state index contributed by atoms with van der Waals surface area (Å²) >= 11 is 0. The molecule has 24 heavy (non-hydrogen) atoms. The average Bonchev–Trinajstić information content (AvgIpc) is 3.38. The molecule has 0 N–H and O–H groups in total. The number of allylic oxidation sites excluding steroid dienone is 1. The second-order valence-corrected chi connectivity index (χ2v) is 5.61. The van der Waals surface area contributed by atoms with E-state index in [0.717, 1.165) is 17.6 Å². The van der Waals surface area contributed by atoms with Crippen LogP contribution in [-0.4, -0.2) is 30.3 Å². The summed E-state index contributed by atoms with van der Waals surface area (Å²) < 4.78 is 32.2. The molecule has 0 amide bonds. The van der Waals surface area contributed by atoms with Crippen LogP contribution in [0.15, 0.2) is 41.2 Å². The van der Waals surface area contributed by atoms with Crippen molar-refractivity contribution in [2.45, 2.75) is 12.3 Å². The molecule has 1 aliphatic carbocycles. The molecular formula is C18H17F2N3O. The molecule has 2 atom stereocenters. The van der Waals surface area contributed by atoms with Crippen LogP contribution in [-0.2, 0) is 0 Å². The zero-order valence-corrected chi connectivity index (χ0v) is 13.4. The molecule has 0 spiro atoms. The van der Waals surface area contributed by atoms with Crippen molar-refractivity contribution in [3.63, 3.8) is 0 Å².